The van der Waals surface area contributed by atoms with E-state index < -0.39 is 42.2 Å². The van der Waals surface area contributed by atoms with Gasteiger partial charge in [-0.1, -0.05) is 17.7 Å². The molecule has 1 amide bonds. The number of amides is 1. The minimum absolute atomic E-state index is 0.0932. The molecule has 0 heterocycles. The van der Waals surface area contributed by atoms with E-state index >= 15 is 0 Å². The second kappa shape index (κ2) is 9.92. The number of carbonyl (C=O) groups excluding carboxylic acids is 1. The molecule has 0 saturated carbocycles. The van der Waals surface area contributed by atoms with Crippen molar-refractivity contribution < 1.29 is 37.5 Å². The number of carboxylic acid groups (broad SMARTS) is 1. The molecule has 166 valence electrons. The summed E-state index contributed by atoms with van der Waals surface area (Å²) >= 11 is 5.68. The van der Waals surface area contributed by atoms with Gasteiger partial charge in [-0.05, 0) is 19.1 Å². The van der Waals surface area contributed by atoms with E-state index in [1.807, 2.05) is 0 Å². The Morgan fingerprint density at radius 3 is 1.94 bits per heavy atom. The summed E-state index contributed by atoms with van der Waals surface area (Å²) < 4.78 is 30.3. The Labute approximate surface area is 179 Å². The summed E-state index contributed by atoms with van der Waals surface area (Å²) in [6.07, 6.45) is 0. The van der Waals surface area contributed by atoms with Crippen LogP contribution in [0.1, 0.15) is 22.8 Å². The van der Waals surface area contributed by atoms with Crippen molar-refractivity contribution >= 4 is 50.7 Å². The number of halogens is 1. The largest absolute Gasteiger partial charge is 0.478 e. The number of nitrogens with one attached hydrogen (secondary N) is 1. The molecule has 31 heavy (non-hydrogen) atoms. The highest BCUT2D eigenvalue weighted by Gasteiger charge is 2.26. The van der Waals surface area contributed by atoms with Crippen molar-refractivity contribution in [3.05, 3.63) is 66.7 Å². The molecule has 0 fully saturated rings. The van der Waals surface area contributed by atoms with Gasteiger partial charge in [0.25, 0.3) is 21.5 Å². The standard InChI is InChI=1S/C9H8ClNO3.C7H6N2O7S/c1-5(12)11-7-4-2-3-6(10)8(7)9(13)14;1-4-6(8(10)11)2-5(17(14,15)16)3-7(4)9(12)13/h2-4H,1H3,(H,11,12)(H,13,14);2-3H,1H3,(H,14,15,16). The molecule has 2 aromatic rings. The predicted octanol–water partition coefficient (Wildman–Crippen LogP) is 3.05. The van der Waals surface area contributed by atoms with Crippen molar-refractivity contribution in [1.82, 2.24) is 0 Å². The first-order chi connectivity index (χ1) is 14.2. The molecule has 0 aliphatic rings. The fourth-order valence-corrected chi connectivity index (χ4v) is 3.00. The lowest BCUT2D eigenvalue weighted by Gasteiger charge is -2.07. The number of hydrogen-bond acceptors (Lipinski definition) is 8. The maximum absolute atomic E-state index is 10.8. The molecule has 0 aliphatic heterocycles. The minimum Gasteiger partial charge on any atom is -0.478 e. The van der Waals surface area contributed by atoms with Gasteiger partial charge in [0.05, 0.1) is 20.6 Å². The van der Waals surface area contributed by atoms with E-state index in [1.165, 1.54) is 19.1 Å². The van der Waals surface area contributed by atoms with Crippen molar-refractivity contribution in [2.24, 2.45) is 0 Å². The number of aromatic carboxylic acids is 1. The Balaban J connectivity index is 0.000000316. The van der Waals surface area contributed by atoms with E-state index in [9.17, 15) is 38.2 Å². The van der Waals surface area contributed by atoms with Crippen LogP contribution in [-0.4, -0.2) is 39.8 Å². The quantitative estimate of drug-likeness (QED) is 0.327. The summed E-state index contributed by atoms with van der Waals surface area (Å²) in [7, 11) is -4.74. The lowest BCUT2D eigenvalue weighted by molar-refractivity contribution is -0.395. The second-order valence-electron chi connectivity index (χ2n) is 5.72. The van der Waals surface area contributed by atoms with E-state index in [1.54, 1.807) is 6.07 Å². The number of nitro benzene ring substituents is 2. The van der Waals surface area contributed by atoms with Crippen LogP contribution in [0.25, 0.3) is 0 Å². The first-order valence-electron chi connectivity index (χ1n) is 7.87. The number of anilines is 1. The van der Waals surface area contributed by atoms with Gasteiger partial charge < -0.3 is 10.4 Å². The topological polar surface area (TPSA) is 207 Å². The third kappa shape index (κ3) is 6.70. The molecule has 3 N–H and O–H groups in total. The van der Waals surface area contributed by atoms with Crippen LogP contribution in [0.3, 0.4) is 0 Å². The summed E-state index contributed by atoms with van der Waals surface area (Å²) in [5, 5.41) is 32.5. The van der Waals surface area contributed by atoms with Gasteiger partial charge in [-0.15, -0.1) is 0 Å². The lowest BCUT2D eigenvalue weighted by Crippen LogP contribution is -2.11. The van der Waals surface area contributed by atoms with Crippen LogP contribution in [0.2, 0.25) is 5.02 Å². The van der Waals surface area contributed by atoms with Gasteiger partial charge >= 0.3 is 5.97 Å². The summed E-state index contributed by atoms with van der Waals surface area (Å²) in [6.45, 7) is 2.41. The van der Waals surface area contributed by atoms with Crippen molar-refractivity contribution in [2.75, 3.05) is 5.32 Å². The molecule has 13 nitrogen and oxygen atoms in total. The zero-order valence-corrected chi connectivity index (χ0v) is 17.3. The average molecular weight is 476 g/mol. The Hall–Kier alpha value is -3.62. The zero-order valence-electron chi connectivity index (χ0n) is 15.7. The van der Waals surface area contributed by atoms with Gasteiger partial charge in [0.15, 0.2) is 0 Å². The van der Waals surface area contributed by atoms with Gasteiger partial charge in [0.1, 0.15) is 16.0 Å². The summed E-state index contributed by atoms with van der Waals surface area (Å²) in [5.74, 6) is -1.51. The molecule has 2 aromatic carbocycles. The number of rotatable bonds is 5. The van der Waals surface area contributed by atoms with E-state index in [0.29, 0.717) is 12.1 Å². The normalized spacial score (nSPS) is 10.5. The van der Waals surface area contributed by atoms with Crippen molar-refractivity contribution in [2.45, 2.75) is 18.7 Å². The van der Waals surface area contributed by atoms with Crippen LogP contribution in [0.5, 0.6) is 0 Å². The van der Waals surface area contributed by atoms with Crippen LogP contribution in [0, 0.1) is 27.2 Å². The first-order valence-corrected chi connectivity index (χ1v) is 9.69. The molecule has 15 heteroatoms. The summed E-state index contributed by atoms with van der Waals surface area (Å²) in [4.78, 5) is 39.9. The molecular formula is C16H14ClN3O10S. The zero-order chi connectivity index (χ0) is 24.1. The van der Waals surface area contributed by atoms with E-state index in [0.717, 1.165) is 6.92 Å². The smallest absolute Gasteiger partial charge is 0.339 e. The average Bonchev–Trinajstić information content (AvgIpc) is 2.60. The second-order valence-corrected chi connectivity index (χ2v) is 7.55. The van der Waals surface area contributed by atoms with Crippen LogP contribution < -0.4 is 5.32 Å². The Morgan fingerprint density at radius 1 is 1.10 bits per heavy atom. The van der Waals surface area contributed by atoms with Crippen molar-refractivity contribution in [1.29, 1.82) is 0 Å². The number of nitrogens with zero attached hydrogens (tertiary/aromatic N) is 2. The van der Waals surface area contributed by atoms with E-state index in [-0.39, 0.29) is 27.7 Å². The van der Waals surface area contributed by atoms with E-state index in [4.69, 9.17) is 21.3 Å². The van der Waals surface area contributed by atoms with Crippen LogP contribution in [0.4, 0.5) is 17.1 Å². The Morgan fingerprint density at radius 2 is 1.58 bits per heavy atom. The first kappa shape index (κ1) is 25.4. The molecule has 0 aromatic heterocycles. The lowest BCUT2D eigenvalue weighted by atomic mass is 10.1. The van der Waals surface area contributed by atoms with Crippen LogP contribution in [0.15, 0.2) is 35.2 Å². The third-order valence-electron chi connectivity index (χ3n) is 3.56. The maximum atomic E-state index is 10.8. The number of carboxylic acids is 1. The van der Waals surface area contributed by atoms with Gasteiger partial charge in [0, 0.05) is 19.1 Å². The molecule has 0 spiro atoms. The summed E-state index contributed by atoms with van der Waals surface area (Å²) in [5.41, 5.74) is -1.66. The molecule has 0 saturated heterocycles. The van der Waals surface area contributed by atoms with Crippen molar-refractivity contribution in [3.63, 3.8) is 0 Å². The van der Waals surface area contributed by atoms with Gasteiger partial charge in [-0.2, -0.15) is 8.42 Å². The van der Waals surface area contributed by atoms with Crippen LogP contribution in [-0.2, 0) is 14.9 Å². The highest BCUT2D eigenvalue weighted by Crippen LogP contribution is 2.31. The Kier molecular flexibility index (Phi) is 8.14. The molecule has 0 unspecified atom stereocenters. The van der Waals surface area contributed by atoms with Crippen LogP contribution >= 0.6 is 11.6 Å². The van der Waals surface area contributed by atoms with Gasteiger partial charge in [0.2, 0.25) is 5.91 Å². The maximum Gasteiger partial charge on any atom is 0.339 e. The van der Waals surface area contributed by atoms with E-state index in [2.05, 4.69) is 5.32 Å². The number of carbonyl (C=O) groups is 2. The monoisotopic (exact) mass is 475 g/mol. The fourth-order valence-electron chi connectivity index (χ4n) is 2.22. The molecule has 0 bridgehead atoms. The molecule has 0 atom stereocenters. The third-order valence-corrected chi connectivity index (χ3v) is 4.70. The SMILES string of the molecule is CC(=O)Nc1cccc(Cl)c1C(=O)O.Cc1c([N+](=O)[O-])cc(S(=O)(=O)O)cc1[N+](=O)[O-]. The van der Waals surface area contributed by atoms with Gasteiger partial charge in [-0.3, -0.25) is 29.6 Å². The minimum atomic E-state index is -4.74. The van der Waals surface area contributed by atoms with Crippen molar-refractivity contribution in [3.8, 4) is 0 Å². The predicted molar refractivity (Wildman–Crippen MR) is 107 cm³/mol. The highest BCUT2D eigenvalue weighted by molar-refractivity contribution is 7.85. The molecule has 0 radical (unpaired) electrons. The molecule has 2 rings (SSSR count). The fraction of sp³-hybridized carbons (Fsp3) is 0.125. The molecular weight excluding hydrogens is 462 g/mol. The number of nitro groups is 2. The number of hydrogen-bond donors (Lipinski definition) is 3. The highest BCUT2D eigenvalue weighted by atomic mass is 35.5. The summed E-state index contributed by atoms with van der Waals surface area (Å²) in [6, 6.07) is 5.64. The van der Waals surface area contributed by atoms with Gasteiger partial charge in [-0.25, -0.2) is 4.79 Å². The number of benzene rings is 2. The Bertz CT molecular complexity index is 1150. The molecule has 0 aliphatic carbocycles.